The van der Waals surface area contributed by atoms with E-state index in [1.165, 1.54) is 6.07 Å². The van der Waals surface area contributed by atoms with Gasteiger partial charge in [0, 0.05) is 11.3 Å². The third-order valence-corrected chi connectivity index (χ3v) is 5.22. The van der Waals surface area contributed by atoms with E-state index in [1.807, 2.05) is 0 Å². The van der Waals surface area contributed by atoms with Gasteiger partial charge >= 0.3 is 12.1 Å². The van der Waals surface area contributed by atoms with Gasteiger partial charge in [-0.3, -0.25) is 19.7 Å². The zero-order valence-corrected chi connectivity index (χ0v) is 20.3. The SMILES string of the molecule is CC(C)C[C@H](C[N+](=O)[O-])C(=O)N[C@H](C(=O)N[C@@H](Cc1cccc(C(F)(F)F)c1)C(=O)O)C(C)(C)C. The summed E-state index contributed by atoms with van der Waals surface area (Å²) in [6.07, 6.45) is -4.83. The van der Waals surface area contributed by atoms with Crippen molar-refractivity contribution in [2.24, 2.45) is 17.3 Å². The Morgan fingerprint density at radius 3 is 2.14 bits per heavy atom. The van der Waals surface area contributed by atoms with Gasteiger partial charge in [-0.2, -0.15) is 13.2 Å². The first kappa shape index (κ1) is 29.9. The number of aliphatic carboxylic acids is 1. The molecule has 0 aliphatic rings. The van der Waals surface area contributed by atoms with E-state index in [4.69, 9.17) is 0 Å². The molecular weight excluding hydrogens is 471 g/mol. The highest BCUT2D eigenvalue weighted by molar-refractivity contribution is 5.91. The van der Waals surface area contributed by atoms with Gasteiger partial charge in [-0.25, -0.2) is 4.79 Å². The van der Waals surface area contributed by atoms with Gasteiger partial charge in [0.05, 0.1) is 5.56 Å². The van der Waals surface area contributed by atoms with Crippen LogP contribution in [0.1, 0.15) is 52.2 Å². The summed E-state index contributed by atoms with van der Waals surface area (Å²) in [7, 11) is 0. The lowest BCUT2D eigenvalue weighted by atomic mass is 9.85. The number of hydrogen-bond acceptors (Lipinski definition) is 5. The predicted octanol–water partition coefficient (Wildman–Crippen LogP) is 3.29. The van der Waals surface area contributed by atoms with Crippen molar-refractivity contribution >= 4 is 17.8 Å². The number of hydrogen-bond donors (Lipinski definition) is 3. The number of carboxylic acids is 1. The molecule has 1 aromatic rings. The number of carbonyl (C=O) groups excluding carboxylic acids is 2. The van der Waals surface area contributed by atoms with E-state index >= 15 is 0 Å². The Labute approximate surface area is 201 Å². The highest BCUT2D eigenvalue weighted by atomic mass is 19.4. The second-order valence-electron chi connectivity index (χ2n) is 9.95. The summed E-state index contributed by atoms with van der Waals surface area (Å²) in [5.41, 5.74) is -1.81. The summed E-state index contributed by atoms with van der Waals surface area (Å²) < 4.78 is 39.0. The number of amides is 2. The van der Waals surface area contributed by atoms with Crippen LogP contribution in [0.4, 0.5) is 13.2 Å². The molecule has 0 bridgehead atoms. The van der Waals surface area contributed by atoms with Crippen molar-refractivity contribution in [2.45, 2.75) is 65.7 Å². The van der Waals surface area contributed by atoms with E-state index in [9.17, 15) is 42.8 Å². The van der Waals surface area contributed by atoms with Crippen LogP contribution in [-0.4, -0.2) is 46.4 Å². The van der Waals surface area contributed by atoms with Gasteiger partial charge in [0.1, 0.15) is 18.0 Å². The topological polar surface area (TPSA) is 139 Å². The van der Waals surface area contributed by atoms with Crippen molar-refractivity contribution < 1.29 is 37.6 Å². The van der Waals surface area contributed by atoms with Crippen molar-refractivity contribution in [2.75, 3.05) is 6.54 Å². The molecule has 0 aromatic heterocycles. The third kappa shape index (κ3) is 9.91. The van der Waals surface area contributed by atoms with Crippen molar-refractivity contribution in [3.05, 3.63) is 45.5 Å². The maximum absolute atomic E-state index is 13.0. The van der Waals surface area contributed by atoms with Crippen LogP contribution in [0.5, 0.6) is 0 Å². The average molecular weight is 504 g/mol. The van der Waals surface area contributed by atoms with E-state index in [1.54, 1.807) is 34.6 Å². The molecule has 0 aliphatic carbocycles. The number of nitrogens with zero attached hydrogens (tertiary/aromatic N) is 1. The van der Waals surface area contributed by atoms with Crippen LogP contribution in [0.15, 0.2) is 24.3 Å². The minimum absolute atomic E-state index is 0.0311. The van der Waals surface area contributed by atoms with Gasteiger partial charge in [0.15, 0.2) is 0 Å². The van der Waals surface area contributed by atoms with Crippen molar-refractivity contribution in [3.63, 3.8) is 0 Å². The van der Waals surface area contributed by atoms with Crippen LogP contribution >= 0.6 is 0 Å². The first-order valence-corrected chi connectivity index (χ1v) is 11.0. The van der Waals surface area contributed by atoms with Gasteiger partial charge in [-0.1, -0.05) is 52.8 Å². The normalized spacial score (nSPS) is 14.7. The van der Waals surface area contributed by atoms with E-state index in [0.717, 1.165) is 18.2 Å². The Morgan fingerprint density at radius 2 is 1.69 bits per heavy atom. The molecule has 1 rings (SSSR count). The smallest absolute Gasteiger partial charge is 0.416 e. The van der Waals surface area contributed by atoms with Crippen LogP contribution < -0.4 is 10.6 Å². The maximum atomic E-state index is 13.0. The molecule has 3 atom stereocenters. The van der Waals surface area contributed by atoms with Gasteiger partial charge in [0.2, 0.25) is 18.4 Å². The van der Waals surface area contributed by atoms with Crippen LogP contribution in [0.25, 0.3) is 0 Å². The number of carboxylic acid groups (broad SMARTS) is 1. The van der Waals surface area contributed by atoms with E-state index < -0.39 is 70.8 Å². The Balaban J connectivity index is 3.11. The number of nitro groups is 1. The van der Waals surface area contributed by atoms with Crippen LogP contribution in [0.2, 0.25) is 0 Å². The largest absolute Gasteiger partial charge is 0.480 e. The van der Waals surface area contributed by atoms with Gasteiger partial charge in [0.25, 0.3) is 0 Å². The summed E-state index contributed by atoms with van der Waals surface area (Å²) in [5, 5.41) is 25.4. The summed E-state index contributed by atoms with van der Waals surface area (Å²) in [4.78, 5) is 48.0. The number of carbonyl (C=O) groups is 3. The molecule has 0 unspecified atom stereocenters. The summed E-state index contributed by atoms with van der Waals surface area (Å²) in [6, 6.07) is 1.29. The fraction of sp³-hybridized carbons (Fsp3) is 0.609. The number of halogens is 3. The lowest BCUT2D eigenvalue weighted by Crippen LogP contribution is -2.58. The first-order chi connectivity index (χ1) is 15.9. The molecule has 3 N–H and O–H groups in total. The molecule has 12 heteroatoms. The van der Waals surface area contributed by atoms with Crippen molar-refractivity contribution in [1.29, 1.82) is 0 Å². The highest BCUT2D eigenvalue weighted by Gasteiger charge is 2.37. The predicted molar refractivity (Wildman–Crippen MR) is 121 cm³/mol. The van der Waals surface area contributed by atoms with Gasteiger partial charge in [-0.15, -0.1) is 0 Å². The first-order valence-electron chi connectivity index (χ1n) is 11.0. The molecule has 0 heterocycles. The number of nitrogens with one attached hydrogen (secondary N) is 2. The molecule has 0 spiro atoms. The lowest BCUT2D eigenvalue weighted by Gasteiger charge is -2.32. The third-order valence-electron chi connectivity index (χ3n) is 5.22. The standard InChI is InChI=1S/C23H32F3N3O6/c1-13(2)9-15(12-29(34)35)19(30)28-18(22(3,4)5)20(31)27-17(21(32)33)11-14-7-6-8-16(10-14)23(24,25)26/h6-8,10,13,15,17-18H,9,11-12H2,1-5H3,(H,27,31)(H,28,30)(H,32,33)/t15-,17+,18-/m1/s1. The molecule has 196 valence electrons. The molecule has 1 aromatic carbocycles. The van der Waals surface area contributed by atoms with Crippen LogP contribution in [0.3, 0.4) is 0 Å². The molecule has 2 amide bonds. The molecule has 0 saturated carbocycles. The monoisotopic (exact) mass is 503 g/mol. The van der Waals surface area contributed by atoms with Gasteiger partial charge < -0.3 is 15.7 Å². The average Bonchev–Trinajstić information content (AvgIpc) is 2.68. The molecule has 0 fully saturated rings. The minimum atomic E-state index is -4.62. The highest BCUT2D eigenvalue weighted by Crippen LogP contribution is 2.30. The van der Waals surface area contributed by atoms with E-state index in [2.05, 4.69) is 10.6 Å². The lowest BCUT2D eigenvalue weighted by molar-refractivity contribution is -0.486. The Bertz CT molecular complexity index is 928. The zero-order chi connectivity index (χ0) is 27.1. The Morgan fingerprint density at radius 1 is 1.09 bits per heavy atom. The number of alkyl halides is 3. The molecule has 0 radical (unpaired) electrons. The summed E-state index contributed by atoms with van der Waals surface area (Å²) >= 11 is 0. The number of benzene rings is 1. The van der Waals surface area contributed by atoms with Crippen molar-refractivity contribution in [3.8, 4) is 0 Å². The fourth-order valence-corrected chi connectivity index (χ4v) is 3.51. The summed E-state index contributed by atoms with van der Waals surface area (Å²) in [5.74, 6) is -4.08. The minimum Gasteiger partial charge on any atom is -0.480 e. The van der Waals surface area contributed by atoms with Crippen molar-refractivity contribution in [1.82, 2.24) is 10.6 Å². The van der Waals surface area contributed by atoms with E-state index in [-0.39, 0.29) is 17.9 Å². The molecule has 0 saturated heterocycles. The molecule has 0 aliphatic heterocycles. The van der Waals surface area contributed by atoms with E-state index in [0.29, 0.717) is 0 Å². The number of rotatable bonds is 11. The van der Waals surface area contributed by atoms with Crippen LogP contribution in [-0.2, 0) is 27.0 Å². The zero-order valence-electron chi connectivity index (χ0n) is 20.3. The van der Waals surface area contributed by atoms with Gasteiger partial charge in [-0.05, 0) is 29.4 Å². The molecule has 35 heavy (non-hydrogen) atoms. The second-order valence-corrected chi connectivity index (χ2v) is 9.95. The Kier molecular flexibility index (Phi) is 10.2. The van der Waals surface area contributed by atoms with Crippen LogP contribution in [0, 0.1) is 27.4 Å². The second kappa shape index (κ2) is 12.0. The fourth-order valence-electron chi connectivity index (χ4n) is 3.51. The quantitative estimate of drug-likeness (QED) is 0.313. The Hall–Kier alpha value is -3.18. The molecular formula is C23H32F3N3O6. The summed E-state index contributed by atoms with van der Waals surface area (Å²) in [6.45, 7) is 7.80. The maximum Gasteiger partial charge on any atom is 0.416 e. The molecule has 9 nitrogen and oxygen atoms in total.